The van der Waals surface area contributed by atoms with E-state index in [4.69, 9.17) is 0 Å². The first kappa shape index (κ1) is 18.7. The summed E-state index contributed by atoms with van der Waals surface area (Å²) in [5, 5.41) is 2.98. The molecule has 0 atom stereocenters. The van der Waals surface area contributed by atoms with E-state index in [9.17, 15) is 4.79 Å². The van der Waals surface area contributed by atoms with E-state index in [-0.39, 0.29) is 5.91 Å². The summed E-state index contributed by atoms with van der Waals surface area (Å²) in [4.78, 5) is 17.0. The van der Waals surface area contributed by atoms with Gasteiger partial charge in [-0.2, -0.15) is 8.75 Å². The molecule has 2 heterocycles. The minimum absolute atomic E-state index is 0.00192. The molecule has 1 saturated heterocycles. The number of nitrogens with one attached hydrogen (secondary N) is 1. The second kappa shape index (κ2) is 9.05. The van der Waals surface area contributed by atoms with Gasteiger partial charge in [-0.1, -0.05) is 48.6 Å². The smallest absolute Gasteiger partial charge is 0.238 e. The number of hydrogen-bond acceptors (Lipinski definition) is 6. The fourth-order valence-corrected chi connectivity index (χ4v) is 3.88. The Hall–Kier alpha value is -2.61. The molecule has 0 unspecified atom stereocenters. The van der Waals surface area contributed by atoms with Crippen molar-refractivity contribution in [2.24, 2.45) is 0 Å². The largest absolute Gasteiger partial charge is 0.323 e. The van der Waals surface area contributed by atoms with E-state index in [0.29, 0.717) is 6.54 Å². The lowest BCUT2D eigenvalue weighted by Crippen LogP contribution is -2.48. The second-order valence-electron chi connectivity index (χ2n) is 6.88. The van der Waals surface area contributed by atoms with Gasteiger partial charge in [-0.05, 0) is 17.7 Å². The van der Waals surface area contributed by atoms with Crippen LogP contribution in [0.25, 0.3) is 17.1 Å². The van der Waals surface area contributed by atoms with Gasteiger partial charge in [0.05, 0.1) is 24.0 Å². The van der Waals surface area contributed by atoms with Gasteiger partial charge in [0.25, 0.3) is 0 Å². The average molecular weight is 394 g/mol. The van der Waals surface area contributed by atoms with Crippen LogP contribution in [0.1, 0.15) is 5.56 Å². The Balaban J connectivity index is 1.22. The fraction of sp³-hybridized carbons (Fsp3) is 0.286. The molecule has 7 heteroatoms. The highest BCUT2D eigenvalue weighted by Gasteiger charge is 2.18. The van der Waals surface area contributed by atoms with Gasteiger partial charge in [0, 0.05) is 32.7 Å². The molecule has 1 aromatic heterocycles. The van der Waals surface area contributed by atoms with E-state index >= 15 is 0 Å². The molecular weight excluding hydrogens is 370 g/mol. The first-order valence-electron chi connectivity index (χ1n) is 9.45. The van der Waals surface area contributed by atoms with Crippen molar-refractivity contribution >= 4 is 40.4 Å². The number of carbonyl (C=O) groups excluding carboxylic acids is 1. The van der Waals surface area contributed by atoms with Crippen LogP contribution < -0.4 is 5.32 Å². The number of hydrogen-bond donors (Lipinski definition) is 1. The Bertz CT molecular complexity index is 948. The Morgan fingerprint density at radius 1 is 1.00 bits per heavy atom. The molecule has 6 nitrogen and oxygen atoms in total. The predicted molar refractivity (Wildman–Crippen MR) is 114 cm³/mol. The lowest BCUT2D eigenvalue weighted by molar-refractivity contribution is -0.117. The molecule has 0 spiro atoms. The average Bonchev–Trinajstić information content (AvgIpc) is 3.20. The summed E-state index contributed by atoms with van der Waals surface area (Å²) in [5.74, 6) is -0.00192. The molecule has 1 amide bonds. The minimum Gasteiger partial charge on any atom is -0.323 e. The van der Waals surface area contributed by atoms with Gasteiger partial charge >= 0.3 is 0 Å². The molecule has 28 heavy (non-hydrogen) atoms. The summed E-state index contributed by atoms with van der Waals surface area (Å²) in [6, 6.07) is 16.0. The van der Waals surface area contributed by atoms with Crippen LogP contribution >= 0.6 is 11.7 Å². The molecule has 4 rings (SSSR count). The monoisotopic (exact) mass is 393 g/mol. The highest BCUT2D eigenvalue weighted by Crippen LogP contribution is 2.21. The zero-order valence-electron chi connectivity index (χ0n) is 15.6. The Kier molecular flexibility index (Phi) is 6.06. The Morgan fingerprint density at radius 2 is 1.79 bits per heavy atom. The number of carbonyl (C=O) groups is 1. The molecule has 0 aliphatic carbocycles. The van der Waals surface area contributed by atoms with Crippen molar-refractivity contribution in [1.82, 2.24) is 18.5 Å². The van der Waals surface area contributed by atoms with Crippen LogP contribution in [-0.2, 0) is 4.79 Å². The van der Waals surface area contributed by atoms with Gasteiger partial charge in [0.1, 0.15) is 11.0 Å². The summed E-state index contributed by atoms with van der Waals surface area (Å²) in [7, 11) is 0. The van der Waals surface area contributed by atoms with Crippen molar-refractivity contribution in [3.63, 3.8) is 0 Å². The number of fused-ring (bicyclic) bond motifs is 1. The van der Waals surface area contributed by atoms with E-state index in [1.807, 2.05) is 24.3 Å². The SMILES string of the molecule is O=C(CN1CCN(CC=Cc2ccccc2)CC1)Nc1cccc2nsnc12. The third kappa shape index (κ3) is 4.81. The summed E-state index contributed by atoms with van der Waals surface area (Å²) >= 11 is 1.16. The molecule has 1 N–H and O–H groups in total. The van der Waals surface area contributed by atoms with E-state index < -0.39 is 0 Å². The third-order valence-corrected chi connectivity index (χ3v) is 5.41. The first-order chi connectivity index (χ1) is 13.8. The van der Waals surface area contributed by atoms with Crippen molar-refractivity contribution in [2.75, 3.05) is 44.6 Å². The highest BCUT2D eigenvalue weighted by molar-refractivity contribution is 7.00. The van der Waals surface area contributed by atoms with Crippen molar-refractivity contribution in [1.29, 1.82) is 0 Å². The number of aromatic nitrogens is 2. The maximum Gasteiger partial charge on any atom is 0.238 e. The molecule has 3 aromatic rings. The lowest BCUT2D eigenvalue weighted by Gasteiger charge is -2.33. The number of anilines is 1. The maximum absolute atomic E-state index is 12.4. The molecule has 0 saturated carbocycles. The zero-order chi connectivity index (χ0) is 19.2. The quantitative estimate of drug-likeness (QED) is 0.698. The Labute approximate surface area is 168 Å². The van der Waals surface area contributed by atoms with Crippen LogP contribution in [0.2, 0.25) is 0 Å². The third-order valence-electron chi connectivity index (χ3n) is 4.87. The van der Waals surface area contributed by atoms with Gasteiger partial charge in [-0.25, -0.2) is 0 Å². The van der Waals surface area contributed by atoms with E-state index in [2.05, 4.69) is 60.3 Å². The Morgan fingerprint density at radius 3 is 2.61 bits per heavy atom. The van der Waals surface area contributed by atoms with Crippen molar-refractivity contribution in [3.8, 4) is 0 Å². The van der Waals surface area contributed by atoms with Crippen LogP contribution in [-0.4, -0.2) is 63.7 Å². The summed E-state index contributed by atoms with van der Waals surface area (Å²) in [6.07, 6.45) is 4.37. The minimum atomic E-state index is -0.00192. The second-order valence-corrected chi connectivity index (χ2v) is 7.40. The number of rotatable bonds is 6. The molecule has 0 radical (unpaired) electrons. The number of benzene rings is 2. The first-order valence-corrected chi connectivity index (χ1v) is 10.2. The zero-order valence-corrected chi connectivity index (χ0v) is 16.4. The molecule has 144 valence electrons. The number of nitrogens with zero attached hydrogens (tertiary/aromatic N) is 4. The van der Waals surface area contributed by atoms with Crippen LogP contribution in [0.5, 0.6) is 0 Å². The summed E-state index contributed by atoms with van der Waals surface area (Å²) in [5.41, 5.74) is 3.54. The standard InChI is InChI=1S/C21H23N5OS/c27-20(22-18-9-4-10-19-21(18)24-28-23-19)16-26-14-12-25(13-15-26)11-5-8-17-6-2-1-3-7-17/h1-10H,11-16H2,(H,22,27). The summed E-state index contributed by atoms with van der Waals surface area (Å²) < 4.78 is 8.48. The van der Waals surface area contributed by atoms with Crippen molar-refractivity contribution < 1.29 is 4.79 Å². The topological polar surface area (TPSA) is 61.4 Å². The number of piperazine rings is 1. The molecule has 1 fully saturated rings. The van der Waals surface area contributed by atoms with E-state index in [1.165, 1.54) is 5.56 Å². The van der Waals surface area contributed by atoms with Crippen LogP contribution in [0, 0.1) is 0 Å². The lowest BCUT2D eigenvalue weighted by atomic mass is 10.2. The van der Waals surface area contributed by atoms with Crippen molar-refractivity contribution in [3.05, 3.63) is 60.2 Å². The van der Waals surface area contributed by atoms with Crippen LogP contribution in [0.4, 0.5) is 5.69 Å². The molecule has 1 aliphatic rings. The van der Waals surface area contributed by atoms with Crippen LogP contribution in [0.3, 0.4) is 0 Å². The van der Waals surface area contributed by atoms with Gasteiger partial charge in [-0.15, -0.1) is 0 Å². The fourth-order valence-electron chi connectivity index (χ4n) is 3.33. The normalized spacial score (nSPS) is 16.0. The molecule has 2 aromatic carbocycles. The molecular formula is C21H23N5OS. The molecule has 1 aliphatic heterocycles. The summed E-state index contributed by atoms with van der Waals surface area (Å²) in [6.45, 7) is 5.08. The van der Waals surface area contributed by atoms with E-state index in [1.54, 1.807) is 0 Å². The van der Waals surface area contributed by atoms with Gasteiger partial charge in [0.15, 0.2) is 0 Å². The van der Waals surface area contributed by atoms with E-state index in [0.717, 1.165) is 61.2 Å². The van der Waals surface area contributed by atoms with Gasteiger partial charge in [0.2, 0.25) is 5.91 Å². The van der Waals surface area contributed by atoms with Gasteiger partial charge in [-0.3, -0.25) is 14.6 Å². The molecule has 0 bridgehead atoms. The predicted octanol–water partition coefficient (Wildman–Crippen LogP) is 2.96. The number of amides is 1. The highest BCUT2D eigenvalue weighted by atomic mass is 32.1. The van der Waals surface area contributed by atoms with Crippen molar-refractivity contribution in [2.45, 2.75) is 0 Å². The van der Waals surface area contributed by atoms with Crippen LogP contribution in [0.15, 0.2) is 54.6 Å². The maximum atomic E-state index is 12.4. The van der Waals surface area contributed by atoms with Gasteiger partial charge < -0.3 is 5.32 Å².